The van der Waals surface area contributed by atoms with Crippen molar-refractivity contribution in [3.05, 3.63) is 83.8 Å². The number of fused-ring (bicyclic) bond motifs is 2. The van der Waals surface area contributed by atoms with Crippen LogP contribution in [0.3, 0.4) is 0 Å². The Morgan fingerprint density at radius 2 is 1.89 bits per heavy atom. The zero-order chi connectivity index (χ0) is 25.4. The molecule has 6 nitrogen and oxygen atoms in total. The molecule has 0 fully saturated rings. The van der Waals surface area contributed by atoms with Crippen molar-refractivity contribution >= 4 is 16.8 Å². The Hall–Kier alpha value is -4.08. The van der Waals surface area contributed by atoms with Gasteiger partial charge in [-0.1, -0.05) is 12.1 Å². The molecule has 5 rings (SSSR count). The van der Waals surface area contributed by atoms with Gasteiger partial charge in [0.1, 0.15) is 23.4 Å². The molecular weight excluding hydrogens is 478 g/mol. The van der Waals surface area contributed by atoms with Crippen molar-refractivity contribution in [2.24, 2.45) is 0 Å². The second-order valence-corrected chi connectivity index (χ2v) is 8.52. The number of nitrogens with zero attached hydrogens (tertiary/aromatic N) is 2. The van der Waals surface area contributed by atoms with Crippen LogP contribution in [-0.2, 0) is 11.2 Å². The highest BCUT2D eigenvalue weighted by Crippen LogP contribution is 2.33. The number of alkyl halides is 3. The first-order valence-electron chi connectivity index (χ1n) is 11.2. The van der Waals surface area contributed by atoms with Crippen LogP contribution < -0.4 is 14.8 Å². The number of carbonyl (C=O) groups is 1. The fourth-order valence-corrected chi connectivity index (χ4v) is 4.20. The summed E-state index contributed by atoms with van der Waals surface area (Å²) >= 11 is 0. The van der Waals surface area contributed by atoms with Gasteiger partial charge in [-0.15, -0.1) is 0 Å². The van der Waals surface area contributed by atoms with Gasteiger partial charge in [0.25, 0.3) is 0 Å². The Bertz CT molecular complexity index is 1420. The maximum atomic E-state index is 13.3. The quantitative estimate of drug-likeness (QED) is 0.367. The van der Waals surface area contributed by atoms with Crippen LogP contribution in [0.1, 0.15) is 24.2 Å². The molecule has 1 aliphatic heterocycles. The summed E-state index contributed by atoms with van der Waals surface area (Å²) in [6, 6.07) is 15.3. The summed E-state index contributed by atoms with van der Waals surface area (Å²) in [6.45, 7) is 1.98. The summed E-state index contributed by atoms with van der Waals surface area (Å²) in [5, 5.41) is 7.06. The fourth-order valence-electron chi connectivity index (χ4n) is 4.20. The minimum atomic E-state index is -5.02. The van der Waals surface area contributed by atoms with Crippen LogP contribution in [0.2, 0.25) is 0 Å². The summed E-state index contributed by atoms with van der Waals surface area (Å²) in [5.41, 5.74) is 2.96. The maximum absolute atomic E-state index is 13.3. The number of hydrogen-bond donors (Lipinski definition) is 1. The third-order valence-electron chi connectivity index (χ3n) is 5.99. The molecule has 0 radical (unpaired) electrons. The van der Waals surface area contributed by atoms with Crippen LogP contribution in [-0.4, -0.2) is 34.5 Å². The Labute approximate surface area is 203 Å². The average molecular weight is 499 g/mol. The van der Waals surface area contributed by atoms with Gasteiger partial charge >= 0.3 is 12.1 Å². The number of amides is 1. The van der Waals surface area contributed by atoms with E-state index in [2.05, 4.69) is 5.10 Å². The van der Waals surface area contributed by atoms with Crippen molar-refractivity contribution in [1.82, 2.24) is 15.1 Å². The zero-order valence-corrected chi connectivity index (χ0v) is 19.1. The Balaban J connectivity index is 1.46. The molecule has 3 aromatic carbocycles. The van der Waals surface area contributed by atoms with Crippen LogP contribution in [0, 0.1) is 5.82 Å². The van der Waals surface area contributed by atoms with Crippen molar-refractivity contribution in [2.75, 3.05) is 6.61 Å². The Morgan fingerprint density at radius 1 is 1.11 bits per heavy atom. The van der Waals surface area contributed by atoms with E-state index in [-0.39, 0.29) is 5.82 Å². The molecule has 1 amide bonds. The monoisotopic (exact) mass is 499 g/mol. The summed E-state index contributed by atoms with van der Waals surface area (Å²) in [4.78, 5) is 11.6. The van der Waals surface area contributed by atoms with Crippen LogP contribution in [0.4, 0.5) is 17.6 Å². The van der Waals surface area contributed by atoms with Gasteiger partial charge in [-0.05, 0) is 66.6 Å². The SMILES string of the molecule is CC(NC(=O)C(F)(F)F)C(Oc1ccc2c(cnn2-c2ccc(F)cc2)c1)c1ccc2c(c1)OCC2. The molecule has 1 N–H and O–H groups in total. The van der Waals surface area contributed by atoms with Crippen LogP contribution in [0.5, 0.6) is 11.5 Å². The van der Waals surface area contributed by atoms with E-state index < -0.39 is 24.2 Å². The molecule has 4 aromatic rings. The van der Waals surface area contributed by atoms with Gasteiger partial charge in [-0.25, -0.2) is 9.07 Å². The van der Waals surface area contributed by atoms with Crippen LogP contribution in [0.25, 0.3) is 16.6 Å². The number of ether oxygens (including phenoxy) is 2. The van der Waals surface area contributed by atoms with Gasteiger partial charge < -0.3 is 14.8 Å². The molecule has 1 aromatic heterocycles. The lowest BCUT2D eigenvalue weighted by atomic mass is 10.0. The molecule has 0 saturated carbocycles. The molecule has 2 unspecified atom stereocenters. The van der Waals surface area contributed by atoms with E-state index in [1.54, 1.807) is 53.3 Å². The Morgan fingerprint density at radius 3 is 2.64 bits per heavy atom. The topological polar surface area (TPSA) is 65.4 Å². The van der Waals surface area contributed by atoms with Gasteiger partial charge in [0.2, 0.25) is 0 Å². The number of carbonyl (C=O) groups excluding carboxylic acids is 1. The number of nitrogens with one attached hydrogen (secondary N) is 1. The predicted octanol–water partition coefficient (Wildman–Crippen LogP) is 5.29. The highest BCUT2D eigenvalue weighted by Gasteiger charge is 2.40. The van der Waals surface area contributed by atoms with Gasteiger partial charge in [0.05, 0.1) is 30.0 Å². The molecule has 36 heavy (non-hydrogen) atoms. The number of aromatic nitrogens is 2. The standard InChI is InChI=1S/C26H21F4N3O3/c1-15(32-25(34)26(28,29)30)24(17-3-2-16-10-11-35-23(16)13-17)36-21-8-9-22-18(12-21)14-31-33(22)20-6-4-19(27)5-7-20/h2-9,12-15,24H,10-11H2,1H3,(H,32,34). The lowest BCUT2D eigenvalue weighted by molar-refractivity contribution is -0.174. The van der Waals surface area contributed by atoms with E-state index >= 15 is 0 Å². The third kappa shape index (κ3) is 4.71. The zero-order valence-electron chi connectivity index (χ0n) is 19.1. The second kappa shape index (κ2) is 9.18. The summed E-state index contributed by atoms with van der Waals surface area (Å²) in [7, 11) is 0. The summed E-state index contributed by atoms with van der Waals surface area (Å²) in [6.07, 6.45) is -3.60. The first kappa shape index (κ1) is 23.7. The average Bonchev–Trinajstić information content (AvgIpc) is 3.48. The molecular formula is C26H21F4N3O3. The van der Waals surface area contributed by atoms with E-state index in [0.29, 0.717) is 34.7 Å². The lowest BCUT2D eigenvalue weighted by Gasteiger charge is -2.27. The molecule has 1 aliphatic rings. The molecule has 0 spiro atoms. The number of halogens is 4. The summed E-state index contributed by atoms with van der Waals surface area (Å²) < 4.78 is 65.4. The van der Waals surface area contributed by atoms with Crippen LogP contribution in [0.15, 0.2) is 66.9 Å². The smallest absolute Gasteiger partial charge is 0.471 e. The molecule has 2 atom stereocenters. The normalized spacial score (nSPS) is 14.7. The molecule has 186 valence electrons. The van der Waals surface area contributed by atoms with Crippen molar-refractivity contribution in [2.45, 2.75) is 31.7 Å². The van der Waals surface area contributed by atoms with Crippen molar-refractivity contribution in [3.8, 4) is 17.2 Å². The molecule has 0 bridgehead atoms. The highest BCUT2D eigenvalue weighted by atomic mass is 19.4. The van der Waals surface area contributed by atoms with Crippen LogP contribution >= 0.6 is 0 Å². The predicted molar refractivity (Wildman–Crippen MR) is 124 cm³/mol. The third-order valence-corrected chi connectivity index (χ3v) is 5.99. The first-order valence-corrected chi connectivity index (χ1v) is 11.2. The lowest BCUT2D eigenvalue weighted by Crippen LogP contribution is -2.45. The van der Waals surface area contributed by atoms with Crippen molar-refractivity contribution in [1.29, 1.82) is 0 Å². The van der Waals surface area contributed by atoms with Gasteiger partial charge in [-0.3, -0.25) is 4.79 Å². The highest BCUT2D eigenvalue weighted by molar-refractivity contribution is 5.82. The minimum Gasteiger partial charge on any atom is -0.493 e. The molecule has 2 heterocycles. The number of hydrogen-bond acceptors (Lipinski definition) is 4. The van der Waals surface area contributed by atoms with Crippen molar-refractivity contribution < 1.29 is 31.8 Å². The van der Waals surface area contributed by atoms with E-state index in [0.717, 1.165) is 17.5 Å². The van der Waals surface area contributed by atoms with E-state index in [1.807, 2.05) is 11.4 Å². The van der Waals surface area contributed by atoms with Gasteiger partial charge in [0, 0.05) is 11.8 Å². The second-order valence-electron chi connectivity index (χ2n) is 8.52. The van der Waals surface area contributed by atoms with Gasteiger partial charge in [-0.2, -0.15) is 18.3 Å². The summed E-state index contributed by atoms with van der Waals surface area (Å²) in [5.74, 6) is -1.38. The van der Waals surface area contributed by atoms with Crippen molar-refractivity contribution in [3.63, 3.8) is 0 Å². The van der Waals surface area contributed by atoms with Gasteiger partial charge in [0.15, 0.2) is 0 Å². The molecule has 10 heteroatoms. The van der Waals surface area contributed by atoms with E-state index in [4.69, 9.17) is 9.47 Å². The first-order chi connectivity index (χ1) is 17.2. The molecule has 0 saturated heterocycles. The minimum absolute atomic E-state index is 0.361. The maximum Gasteiger partial charge on any atom is 0.471 e. The number of benzene rings is 3. The largest absolute Gasteiger partial charge is 0.493 e. The molecule has 0 aliphatic carbocycles. The number of rotatable bonds is 6. The van der Waals surface area contributed by atoms with E-state index in [1.165, 1.54) is 19.1 Å². The fraction of sp³-hybridized carbons (Fsp3) is 0.231. The van der Waals surface area contributed by atoms with E-state index in [9.17, 15) is 22.4 Å². The Kier molecular flexibility index (Phi) is 6.03.